The number of alkyl halides is 1. The third kappa shape index (κ3) is 3.17. The largest absolute Gasteiger partial charge is 0.318 e. The van der Waals surface area contributed by atoms with E-state index in [1.165, 1.54) is 38.5 Å². The highest BCUT2D eigenvalue weighted by molar-refractivity contribution is 7.73. The van der Waals surface area contributed by atoms with Crippen LogP contribution in [0.2, 0.25) is 0 Å². The third-order valence-corrected chi connectivity index (χ3v) is 10.4. The highest BCUT2D eigenvalue weighted by atomic mass is 35.5. The van der Waals surface area contributed by atoms with Crippen molar-refractivity contribution in [2.24, 2.45) is 0 Å². The van der Waals surface area contributed by atoms with Gasteiger partial charge in [-0.05, 0) is 31.2 Å². The predicted molar refractivity (Wildman–Crippen MR) is 97.0 cm³/mol. The summed E-state index contributed by atoms with van der Waals surface area (Å²) in [6, 6.07) is 8.30. The summed E-state index contributed by atoms with van der Waals surface area (Å²) in [5.74, 6) is 0.486. The zero-order valence-electron chi connectivity index (χ0n) is 13.5. The molecule has 0 bridgehead atoms. The second-order valence-electron chi connectivity index (χ2n) is 7.06. The van der Waals surface area contributed by atoms with E-state index in [0.717, 1.165) is 36.6 Å². The van der Waals surface area contributed by atoms with E-state index in [1.54, 1.807) is 0 Å². The quantitative estimate of drug-likeness (QED) is 0.480. The first kappa shape index (κ1) is 16.6. The molecular formula is C19H28ClOP. The van der Waals surface area contributed by atoms with E-state index >= 15 is 0 Å². The normalized spacial score (nSPS) is 21.9. The minimum absolute atomic E-state index is 0.411. The van der Waals surface area contributed by atoms with Crippen LogP contribution in [0.5, 0.6) is 0 Å². The standard InChI is InChI=1S/C19H28ClOP/c20-15-16-9-7-8-14-19(16)22(21,17-10-3-1-4-11-17)18-12-5-2-6-13-18/h7-9,14,17-18H,1-6,10-13,15H2. The van der Waals surface area contributed by atoms with Crippen LogP contribution in [-0.4, -0.2) is 11.3 Å². The molecular weight excluding hydrogens is 311 g/mol. The van der Waals surface area contributed by atoms with Gasteiger partial charge in [-0.25, -0.2) is 0 Å². The first-order valence-electron chi connectivity index (χ1n) is 9.00. The van der Waals surface area contributed by atoms with Gasteiger partial charge in [0.2, 0.25) is 0 Å². The lowest BCUT2D eigenvalue weighted by atomic mass is 9.99. The van der Waals surface area contributed by atoms with Crippen molar-refractivity contribution in [3.05, 3.63) is 29.8 Å². The lowest BCUT2D eigenvalue weighted by Gasteiger charge is -2.39. The number of benzene rings is 1. The van der Waals surface area contributed by atoms with Gasteiger partial charge in [0.15, 0.2) is 0 Å². The average Bonchev–Trinajstić information content (AvgIpc) is 2.62. The SMILES string of the molecule is O=P(c1ccccc1CCl)(C1CCCCC1)C1CCCCC1. The highest BCUT2D eigenvalue weighted by Gasteiger charge is 2.43. The lowest BCUT2D eigenvalue weighted by Crippen LogP contribution is -2.31. The Morgan fingerprint density at radius 2 is 1.36 bits per heavy atom. The van der Waals surface area contributed by atoms with Crippen molar-refractivity contribution < 1.29 is 4.57 Å². The molecule has 1 aromatic carbocycles. The number of halogens is 1. The lowest BCUT2D eigenvalue weighted by molar-refractivity contribution is 0.452. The molecule has 0 unspecified atom stereocenters. The van der Waals surface area contributed by atoms with Gasteiger partial charge < -0.3 is 4.57 Å². The molecule has 122 valence electrons. The Balaban J connectivity index is 2.03. The Kier molecular flexibility index (Phi) is 5.69. The maximum atomic E-state index is 14.4. The van der Waals surface area contributed by atoms with E-state index in [-0.39, 0.29) is 0 Å². The van der Waals surface area contributed by atoms with Crippen LogP contribution in [0.25, 0.3) is 0 Å². The van der Waals surface area contributed by atoms with Crippen molar-refractivity contribution in [1.82, 2.24) is 0 Å². The molecule has 0 N–H and O–H groups in total. The minimum Gasteiger partial charge on any atom is -0.318 e. The Labute approximate surface area is 140 Å². The Morgan fingerprint density at radius 3 is 1.86 bits per heavy atom. The summed E-state index contributed by atoms with van der Waals surface area (Å²) in [5.41, 5.74) is 1.94. The fourth-order valence-corrected chi connectivity index (χ4v) is 9.48. The van der Waals surface area contributed by atoms with Crippen molar-refractivity contribution in [1.29, 1.82) is 0 Å². The molecule has 1 aromatic rings. The summed E-state index contributed by atoms with van der Waals surface area (Å²) in [7, 11) is -2.36. The molecule has 3 heteroatoms. The fourth-order valence-electron chi connectivity index (χ4n) is 4.59. The van der Waals surface area contributed by atoms with E-state index in [1.807, 2.05) is 6.07 Å². The van der Waals surface area contributed by atoms with Gasteiger partial charge in [0.05, 0.1) is 0 Å². The van der Waals surface area contributed by atoms with Crippen LogP contribution in [0.3, 0.4) is 0 Å². The summed E-state index contributed by atoms with van der Waals surface area (Å²) >= 11 is 6.19. The van der Waals surface area contributed by atoms with Crippen molar-refractivity contribution in [3.8, 4) is 0 Å². The second kappa shape index (κ2) is 7.54. The van der Waals surface area contributed by atoms with Gasteiger partial charge in [0.25, 0.3) is 0 Å². The fraction of sp³-hybridized carbons (Fsp3) is 0.684. The molecule has 3 rings (SSSR count). The first-order chi connectivity index (χ1) is 10.8. The second-order valence-corrected chi connectivity index (χ2v) is 10.7. The highest BCUT2D eigenvalue weighted by Crippen LogP contribution is 2.62. The van der Waals surface area contributed by atoms with Gasteiger partial charge in [0, 0.05) is 22.5 Å². The molecule has 2 aliphatic rings. The van der Waals surface area contributed by atoms with E-state index in [2.05, 4.69) is 18.2 Å². The summed E-state index contributed by atoms with van der Waals surface area (Å²) in [6.45, 7) is 0. The Hall–Kier alpha value is -0.260. The van der Waals surface area contributed by atoms with Crippen molar-refractivity contribution >= 4 is 24.0 Å². The maximum Gasteiger partial charge on any atom is 0.121 e. The molecule has 0 amide bonds. The molecule has 2 fully saturated rings. The van der Waals surface area contributed by atoms with Gasteiger partial charge in [-0.3, -0.25) is 0 Å². The minimum atomic E-state index is -2.36. The van der Waals surface area contributed by atoms with E-state index in [0.29, 0.717) is 17.2 Å². The van der Waals surface area contributed by atoms with Crippen molar-refractivity contribution in [2.75, 3.05) is 0 Å². The van der Waals surface area contributed by atoms with Crippen LogP contribution >= 0.6 is 18.7 Å². The maximum absolute atomic E-state index is 14.4. The van der Waals surface area contributed by atoms with Crippen LogP contribution in [0, 0.1) is 0 Å². The molecule has 0 radical (unpaired) electrons. The van der Waals surface area contributed by atoms with Crippen molar-refractivity contribution in [2.45, 2.75) is 81.4 Å². The molecule has 1 nitrogen and oxygen atoms in total. The molecule has 0 heterocycles. The molecule has 0 atom stereocenters. The molecule has 0 saturated heterocycles. The Bertz CT molecular complexity index is 508. The van der Waals surface area contributed by atoms with Gasteiger partial charge in [0.1, 0.15) is 7.14 Å². The van der Waals surface area contributed by atoms with Gasteiger partial charge in [-0.2, -0.15) is 0 Å². The van der Waals surface area contributed by atoms with Gasteiger partial charge in [-0.15, -0.1) is 11.6 Å². The number of hydrogen-bond acceptors (Lipinski definition) is 1. The molecule has 0 aliphatic heterocycles. The first-order valence-corrected chi connectivity index (χ1v) is 11.4. The van der Waals surface area contributed by atoms with Crippen LogP contribution in [-0.2, 0) is 10.4 Å². The van der Waals surface area contributed by atoms with E-state index in [9.17, 15) is 4.57 Å². The topological polar surface area (TPSA) is 17.1 Å². The molecule has 2 aliphatic carbocycles. The summed E-state index contributed by atoms with van der Waals surface area (Å²) in [5, 5.41) is 1.13. The molecule has 0 spiro atoms. The zero-order chi connectivity index (χ0) is 15.4. The molecule has 2 saturated carbocycles. The van der Waals surface area contributed by atoms with Crippen LogP contribution in [0.1, 0.15) is 69.8 Å². The van der Waals surface area contributed by atoms with Crippen molar-refractivity contribution in [3.63, 3.8) is 0 Å². The molecule has 0 aromatic heterocycles. The zero-order valence-corrected chi connectivity index (χ0v) is 15.1. The van der Waals surface area contributed by atoms with E-state index in [4.69, 9.17) is 11.6 Å². The smallest absolute Gasteiger partial charge is 0.121 e. The third-order valence-electron chi connectivity index (χ3n) is 5.75. The van der Waals surface area contributed by atoms with Crippen LogP contribution in [0.15, 0.2) is 24.3 Å². The van der Waals surface area contributed by atoms with Gasteiger partial charge >= 0.3 is 0 Å². The number of rotatable bonds is 4. The Morgan fingerprint density at radius 1 is 0.864 bits per heavy atom. The summed E-state index contributed by atoms with van der Waals surface area (Å²) in [6.07, 6.45) is 12.3. The van der Waals surface area contributed by atoms with Gasteiger partial charge in [-0.1, -0.05) is 62.8 Å². The predicted octanol–water partition coefficient (Wildman–Crippen LogP) is 6.08. The van der Waals surface area contributed by atoms with Crippen LogP contribution < -0.4 is 5.30 Å². The van der Waals surface area contributed by atoms with E-state index < -0.39 is 7.14 Å². The molecule has 22 heavy (non-hydrogen) atoms. The summed E-state index contributed by atoms with van der Waals surface area (Å²) < 4.78 is 14.4. The monoisotopic (exact) mass is 338 g/mol. The number of hydrogen-bond donors (Lipinski definition) is 0. The summed E-state index contributed by atoms with van der Waals surface area (Å²) in [4.78, 5) is 0. The average molecular weight is 339 g/mol. The van der Waals surface area contributed by atoms with Crippen LogP contribution in [0.4, 0.5) is 0 Å².